The molecule has 2 nitrogen and oxygen atoms in total. The van der Waals surface area contributed by atoms with Crippen LogP contribution in [-0.2, 0) is 5.60 Å². The summed E-state index contributed by atoms with van der Waals surface area (Å²) in [5.74, 6) is 3.79. The van der Waals surface area contributed by atoms with E-state index in [0.717, 1.165) is 35.5 Å². The summed E-state index contributed by atoms with van der Waals surface area (Å²) in [7, 11) is 1.69. The summed E-state index contributed by atoms with van der Waals surface area (Å²) in [5, 5.41) is 11.3. The van der Waals surface area contributed by atoms with E-state index in [-0.39, 0.29) is 0 Å². The van der Waals surface area contributed by atoms with Crippen molar-refractivity contribution in [3.8, 4) is 5.75 Å². The highest BCUT2D eigenvalue weighted by Crippen LogP contribution is 2.65. The maximum absolute atomic E-state index is 11.3. The van der Waals surface area contributed by atoms with E-state index in [1.165, 1.54) is 25.7 Å². The van der Waals surface area contributed by atoms with Crippen LogP contribution in [0, 0.1) is 23.7 Å². The second-order valence-corrected chi connectivity index (χ2v) is 6.72. The van der Waals surface area contributed by atoms with E-state index in [1.807, 2.05) is 18.2 Å². The van der Waals surface area contributed by atoms with Crippen molar-refractivity contribution in [2.24, 2.45) is 23.7 Å². The van der Waals surface area contributed by atoms with E-state index < -0.39 is 5.60 Å². The predicted molar refractivity (Wildman–Crippen MR) is 73.9 cm³/mol. The van der Waals surface area contributed by atoms with Crippen molar-refractivity contribution in [3.05, 3.63) is 29.8 Å². The lowest BCUT2D eigenvalue weighted by atomic mass is 9.70. The smallest absolute Gasteiger partial charge is 0.119 e. The Labute approximate surface area is 114 Å². The Hall–Kier alpha value is -1.02. The summed E-state index contributed by atoms with van der Waals surface area (Å²) in [6.07, 6.45) is 6.31. The van der Waals surface area contributed by atoms with Crippen LogP contribution < -0.4 is 4.74 Å². The molecule has 2 heteroatoms. The van der Waals surface area contributed by atoms with E-state index in [2.05, 4.69) is 6.07 Å². The lowest BCUT2D eigenvalue weighted by molar-refractivity contribution is -0.0513. The summed E-state index contributed by atoms with van der Waals surface area (Å²) in [4.78, 5) is 0. The molecule has 1 aromatic rings. The first-order valence-electron chi connectivity index (χ1n) is 7.59. The van der Waals surface area contributed by atoms with Crippen LogP contribution in [0.4, 0.5) is 0 Å². The third kappa shape index (κ3) is 1.53. The quantitative estimate of drug-likeness (QED) is 0.881. The first-order chi connectivity index (χ1) is 9.22. The van der Waals surface area contributed by atoms with Gasteiger partial charge in [-0.15, -0.1) is 0 Å². The van der Waals surface area contributed by atoms with Crippen molar-refractivity contribution < 1.29 is 9.84 Å². The molecule has 102 valence electrons. The topological polar surface area (TPSA) is 29.5 Å². The largest absolute Gasteiger partial charge is 0.497 e. The van der Waals surface area contributed by atoms with Gasteiger partial charge in [0, 0.05) is 0 Å². The summed E-state index contributed by atoms with van der Waals surface area (Å²) in [6, 6.07) is 8.07. The Morgan fingerprint density at radius 2 is 2.11 bits per heavy atom. The number of hydrogen-bond donors (Lipinski definition) is 1. The van der Waals surface area contributed by atoms with Crippen LogP contribution >= 0.6 is 0 Å². The third-order valence-corrected chi connectivity index (χ3v) is 6.06. The maximum atomic E-state index is 11.3. The highest BCUT2D eigenvalue weighted by molar-refractivity contribution is 5.35. The average molecular weight is 258 g/mol. The number of methoxy groups -OCH3 is 1. The summed E-state index contributed by atoms with van der Waals surface area (Å²) in [6.45, 7) is 0. The molecule has 0 spiro atoms. The second-order valence-electron chi connectivity index (χ2n) is 6.72. The molecule has 0 amide bonds. The van der Waals surface area contributed by atoms with E-state index >= 15 is 0 Å². The van der Waals surface area contributed by atoms with E-state index in [0.29, 0.717) is 5.92 Å². The molecule has 5 atom stereocenters. The maximum Gasteiger partial charge on any atom is 0.119 e. The Balaban J connectivity index is 1.71. The van der Waals surface area contributed by atoms with Gasteiger partial charge in [-0.2, -0.15) is 0 Å². The number of fused-ring (bicyclic) bond motifs is 5. The normalized spacial score (nSPS) is 43.5. The van der Waals surface area contributed by atoms with Crippen molar-refractivity contribution in [1.82, 2.24) is 0 Å². The van der Waals surface area contributed by atoms with Gasteiger partial charge in [0.2, 0.25) is 0 Å². The van der Waals surface area contributed by atoms with Gasteiger partial charge in [0.25, 0.3) is 0 Å². The zero-order valence-corrected chi connectivity index (χ0v) is 11.5. The average Bonchev–Trinajstić information content (AvgIpc) is 3.10. The molecule has 0 aromatic heterocycles. The number of hydrogen-bond acceptors (Lipinski definition) is 2. The molecule has 19 heavy (non-hydrogen) atoms. The number of ether oxygens (including phenoxy) is 1. The molecule has 4 rings (SSSR count). The number of rotatable bonds is 2. The number of benzene rings is 1. The zero-order chi connectivity index (χ0) is 13.0. The minimum absolute atomic E-state index is 0.483. The molecule has 3 saturated carbocycles. The first kappa shape index (κ1) is 11.8. The van der Waals surface area contributed by atoms with Gasteiger partial charge in [0.15, 0.2) is 0 Å². The SMILES string of the molecule is COc1cccc(C2(O)CC3CC2C2CCCC32)c1. The Morgan fingerprint density at radius 3 is 2.95 bits per heavy atom. The molecule has 0 saturated heterocycles. The highest BCUT2D eigenvalue weighted by atomic mass is 16.5. The molecule has 3 aliphatic carbocycles. The summed E-state index contributed by atoms with van der Waals surface area (Å²) in [5.41, 5.74) is 0.481. The second kappa shape index (κ2) is 3.99. The molecular weight excluding hydrogens is 236 g/mol. The van der Waals surface area contributed by atoms with E-state index in [9.17, 15) is 5.11 Å². The van der Waals surface area contributed by atoms with E-state index in [1.54, 1.807) is 7.11 Å². The zero-order valence-electron chi connectivity index (χ0n) is 11.5. The fraction of sp³-hybridized carbons (Fsp3) is 0.647. The van der Waals surface area contributed by atoms with Gasteiger partial charge >= 0.3 is 0 Å². The van der Waals surface area contributed by atoms with E-state index in [4.69, 9.17) is 4.74 Å². The lowest BCUT2D eigenvalue weighted by Gasteiger charge is -2.39. The minimum atomic E-state index is -0.593. The lowest BCUT2D eigenvalue weighted by Crippen LogP contribution is -2.38. The Bertz CT molecular complexity index is 498. The van der Waals surface area contributed by atoms with Crippen molar-refractivity contribution >= 4 is 0 Å². The third-order valence-electron chi connectivity index (χ3n) is 6.06. The van der Waals surface area contributed by atoms with Gasteiger partial charge in [-0.3, -0.25) is 0 Å². The van der Waals surface area contributed by atoms with Crippen LogP contribution in [0.2, 0.25) is 0 Å². The monoisotopic (exact) mass is 258 g/mol. The molecule has 2 bridgehead atoms. The highest BCUT2D eigenvalue weighted by Gasteiger charge is 2.60. The van der Waals surface area contributed by atoms with Gasteiger partial charge in [0.1, 0.15) is 5.75 Å². The van der Waals surface area contributed by atoms with Crippen LogP contribution in [0.15, 0.2) is 24.3 Å². The van der Waals surface area contributed by atoms with Crippen LogP contribution in [-0.4, -0.2) is 12.2 Å². The molecular formula is C17H22O2. The van der Waals surface area contributed by atoms with Crippen molar-refractivity contribution in [3.63, 3.8) is 0 Å². The standard InChI is InChI=1S/C17H22O2/c1-19-13-5-2-4-12(9-13)17(18)10-11-8-16(17)15-7-3-6-14(11)15/h2,4-5,9,11,14-16,18H,3,6-8,10H2,1H3. The van der Waals surface area contributed by atoms with Gasteiger partial charge in [-0.05, 0) is 67.1 Å². The van der Waals surface area contributed by atoms with Gasteiger partial charge in [0.05, 0.1) is 12.7 Å². The van der Waals surface area contributed by atoms with Crippen LogP contribution in [0.5, 0.6) is 5.75 Å². The fourth-order valence-corrected chi connectivity index (χ4v) is 5.34. The minimum Gasteiger partial charge on any atom is -0.497 e. The summed E-state index contributed by atoms with van der Waals surface area (Å²) < 4.78 is 5.32. The molecule has 3 aliphatic rings. The van der Waals surface area contributed by atoms with Gasteiger partial charge in [-0.25, -0.2) is 0 Å². The molecule has 0 radical (unpaired) electrons. The Morgan fingerprint density at radius 1 is 1.26 bits per heavy atom. The van der Waals surface area contributed by atoms with Crippen molar-refractivity contribution in [2.75, 3.05) is 7.11 Å². The summed E-state index contributed by atoms with van der Waals surface area (Å²) >= 11 is 0. The van der Waals surface area contributed by atoms with Crippen LogP contribution in [0.1, 0.15) is 37.7 Å². The van der Waals surface area contributed by atoms with Crippen LogP contribution in [0.25, 0.3) is 0 Å². The van der Waals surface area contributed by atoms with Crippen LogP contribution in [0.3, 0.4) is 0 Å². The fourth-order valence-electron chi connectivity index (χ4n) is 5.34. The molecule has 5 unspecified atom stereocenters. The van der Waals surface area contributed by atoms with Crippen molar-refractivity contribution in [2.45, 2.75) is 37.7 Å². The molecule has 1 aromatic carbocycles. The van der Waals surface area contributed by atoms with Crippen molar-refractivity contribution in [1.29, 1.82) is 0 Å². The number of aliphatic hydroxyl groups is 1. The molecule has 1 N–H and O–H groups in total. The first-order valence-corrected chi connectivity index (χ1v) is 7.59. The van der Waals surface area contributed by atoms with Gasteiger partial charge < -0.3 is 9.84 Å². The predicted octanol–water partition coefficient (Wildman–Crippen LogP) is 3.34. The molecule has 3 fully saturated rings. The molecule has 0 aliphatic heterocycles. The molecule has 0 heterocycles. The Kier molecular flexibility index (Phi) is 2.47. The van der Waals surface area contributed by atoms with Gasteiger partial charge in [-0.1, -0.05) is 18.6 Å².